The summed E-state index contributed by atoms with van der Waals surface area (Å²) in [6.07, 6.45) is -4.30. The molecule has 0 saturated heterocycles. The van der Waals surface area contributed by atoms with Crippen LogP contribution in [-0.2, 0) is 12.7 Å². The van der Waals surface area contributed by atoms with Crippen LogP contribution in [0.3, 0.4) is 0 Å². The van der Waals surface area contributed by atoms with Crippen molar-refractivity contribution >= 4 is 15.9 Å². The number of hydrogen-bond donors (Lipinski definition) is 1. The van der Waals surface area contributed by atoms with E-state index in [-0.39, 0.29) is 6.54 Å². The number of alkyl halides is 3. The van der Waals surface area contributed by atoms with Crippen molar-refractivity contribution in [1.82, 2.24) is 0 Å². The van der Waals surface area contributed by atoms with E-state index in [0.29, 0.717) is 10.0 Å². The molecule has 0 fully saturated rings. The maximum atomic E-state index is 12.2. The Hall–Kier alpha value is -0.550. The molecule has 0 bridgehead atoms. The zero-order chi connectivity index (χ0) is 10.1. The van der Waals surface area contributed by atoms with E-state index in [1.807, 2.05) is 0 Å². The summed E-state index contributed by atoms with van der Waals surface area (Å²) in [5, 5.41) is 0. The summed E-state index contributed by atoms with van der Waals surface area (Å²) < 4.78 is 37.1. The van der Waals surface area contributed by atoms with Crippen LogP contribution in [0, 0.1) is 0 Å². The van der Waals surface area contributed by atoms with Crippen LogP contribution >= 0.6 is 15.9 Å². The molecule has 2 N–H and O–H groups in total. The van der Waals surface area contributed by atoms with Crippen LogP contribution in [0.15, 0.2) is 22.7 Å². The van der Waals surface area contributed by atoms with Gasteiger partial charge in [-0.05, 0) is 23.8 Å². The zero-order valence-electron chi connectivity index (χ0n) is 6.53. The van der Waals surface area contributed by atoms with Crippen molar-refractivity contribution in [3.8, 4) is 0 Å². The molecule has 5 heteroatoms. The number of nitrogens with two attached hydrogens (primary N) is 1. The molecule has 0 aliphatic rings. The fourth-order valence-corrected chi connectivity index (χ4v) is 1.32. The van der Waals surface area contributed by atoms with Gasteiger partial charge in [0, 0.05) is 11.0 Å². The number of halogens is 4. The number of hydrogen-bond acceptors (Lipinski definition) is 1. The van der Waals surface area contributed by atoms with E-state index in [0.717, 1.165) is 12.1 Å². The van der Waals surface area contributed by atoms with Gasteiger partial charge in [0.15, 0.2) is 0 Å². The lowest BCUT2D eigenvalue weighted by Gasteiger charge is -2.08. The maximum Gasteiger partial charge on any atom is 0.416 e. The minimum atomic E-state index is -4.30. The molecule has 13 heavy (non-hydrogen) atoms. The lowest BCUT2D eigenvalue weighted by molar-refractivity contribution is -0.137. The largest absolute Gasteiger partial charge is 0.416 e. The molecule has 0 aliphatic carbocycles. The van der Waals surface area contributed by atoms with Crippen LogP contribution < -0.4 is 5.73 Å². The van der Waals surface area contributed by atoms with Crippen LogP contribution in [-0.4, -0.2) is 0 Å². The van der Waals surface area contributed by atoms with Crippen LogP contribution in [0.2, 0.25) is 0 Å². The summed E-state index contributed by atoms with van der Waals surface area (Å²) in [7, 11) is 0. The highest BCUT2D eigenvalue weighted by atomic mass is 79.9. The molecule has 1 nitrogen and oxygen atoms in total. The zero-order valence-corrected chi connectivity index (χ0v) is 8.11. The molecular formula is C8H7BrF3N. The molecule has 1 rings (SSSR count). The SMILES string of the molecule is NCc1cc(C(F)(F)F)ccc1Br. The highest BCUT2D eigenvalue weighted by Gasteiger charge is 2.30. The Labute approximate surface area is 81.9 Å². The van der Waals surface area contributed by atoms with E-state index >= 15 is 0 Å². The van der Waals surface area contributed by atoms with Gasteiger partial charge in [-0.3, -0.25) is 0 Å². The Morgan fingerprint density at radius 3 is 2.38 bits per heavy atom. The van der Waals surface area contributed by atoms with E-state index in [4.69, 9.17) is 5.73 Å². The van der Waals surface area contributed by atoms with Gasteiger partial charge >= 0.3 is 6.18 Å². The molecule has 0 aliphatic heterocycles. The molecule has 0 unspecified atom stereocenters. The van der Waals surface area contributed by atoms with Gasteiger partial charge in [0.2, 0.25) is 0 Å². The summed E-state index contributed by atoms with van der Waals surface area (Å²) in [6.45, 7) is 0.0878. The van der Waals surface area contributed by atoms with Gasteiger partial charge in [0.25, 0.3) is 0 Å². The molecule has 0 saturated carbocycles. The molecule has 0 atom stereocenters. The first-order valence-corrected chi connectivity index (χ1v) is 4.30. The van der Waals surface area contributed by atoms with Gasteiger partial charge in [0.05, 0.1) is 5.56 Å². The van der Waals surface area contributed by atoms with Crippen LogP contribution in [0.25, 0.3) is 0 Å². The van der Waals surface area contributed by atoms with E-state index in [9.17, 15) is 13.2 Å². The molecule has 72 valence electrons. The van der Waals surface area contributed by atoms with Crippen molar-refractivity contribution in [1.29, 1.82) is 0 Å². The predicted molar refractivity (Wildman–Crippen MR) is 47.0 cm³/mol. The first-order valence-electron chi connectivity index (χ1n) is 3.51. The summed E-state index contributed by atoms with van der Waals surface area (Å²) >= 11 is 3.11. The van der Waals surface area contributed by atoms with Crippen molar-refractivity contribution in [2.75, 3.05) is 0 Å². The maximum absolute atomic E-state index is 12.2. The van der Waals surface area contributed by atoms with Gasteiger partial charge in [-0.25, -0.2) is 0 Å². The van der Waals surface area contributed by atoms with E-state index in [1.54, 1.807) is 0 Å². The normalized spacial score (nSPS) is 11.8. The third kappa shape index (κ3) is 2.45. The van der Waals surface area contributed by atoms with Crippen molar-refractivity contribution in [3.05, 3.63) is 33.8 Å². The van der Waals surface area contributed by atoms with Gasteiger partial charge < -0.3 is 5.73 Å². The molecular weight excluding hydrogens is 247 g/mol. The second-order valence-electron chi connectivity index (χ2n) is 2.51. The summed E-state index contributed by atoms with van der Waals surface area (Å²) in [4.78, 5) is 0. The minimum Gasteiger partial charge on any atom is -0.326 e. The second kappa shape index (κ2) is 3.67. The Balaban J connectivity index is 3.14. The Morgan fingerprint density at radius 2 is 1.92 bits per heavy atom. The molecule has 1 aromatic rings. The molecule has 0 radical (unpaired) electrons. The fourth-order valence-electron chi connectivity index (χ4n) is 0.907. The first-order chi connectivity index (χ1) is 5.95. The van der Waals surface area contributed by atoms with E-state index in [1.165, 1.54) is 6.07 Å². The Kier molecular flexibility index (Phi) is 2.98. The molecule has 0 heterocycles. The topological polar surface area (TPSA) is 26.0 Å². The van der Waals surface area contributed by atoms with Crippen molar-refractivity contribution < 1.29 is 13.2 Å². The van der Waals surface area contributed by atoms with E-state index < -0.39 is 11.7 Å². The third-order valence-corrected chi connectivity index (χ3v) is 2.37. The Morgan fingerprint density at radius 1 is 1.31 bits per heavy atom. The van der Waals surface area contributed by atoms with Crippen LogP contribution in [0.4, 0.5) is 13.2 Å². The fraction of sp³-hybridized carbons (Fsp3) is 0.250. The number of benzene rings is 1. The number of rotatable bonds is 1. The predicted octanol–water partition coefficient (Wildman–Crippen LogP) is 2.93. The Bertz CT molecular complexity index is 309. The van der Waals surface area contributed by atoms with Gasteiger partial charge in [0.1, 0.15) is 0 Å². The first kappa shape index (κ1) is 10.5. The van der Waals surface area contributed by atoms with Crippen molar-refractivity contribution in [2.45, 2.75) is 12.7 Å². The highest BCUT2D eigenvalue weighted by molar-refractivity contribution is 9.10. The van der Waals surface area contributed by atoms with Crippen molar-refractivity contribution in [3.63, 3.8) is 0 Å². The highest BCUT2D eigenvalue weighted by Crippen LogP contribution is 2.31. The summed E-state index contributed by atoms with van der Waals surface area (Å²) in [5.41, 5.74) is 5.05. The molecule has 0 aromatic heterocycles. The molecule has 1 aromatic carbocycles. The van der Waals surface area contributed by atoms with Crippen LogP contribution in [0.5, 0.6) is 0 Å². The van der Waals surface area contributed by atoms with E-state index in [2.05, 4.69) is 15.9 Å². The minimum absolute atomic E-state index is 0.0878. The lowest BCUT2D eigenvalue weighted by atomic mass is 10.1. The average Bonchev–Trinajstić information content (AvgIpc) is 2.03. The molecule has 0 amide bonds. The van der Waals surface area contributed by atoms with Gasteiger partial charge in [-0.15, -0.1) is 0 Å². The standard InChI is InChI=1S/C8H7BrF3N/c9-7-2-1-6(8(10,11)12)3-5(7)4-13/h1-3H,4,13H2. The van der Waals surface area contributed by atoms with Gasteiger partial charge in [-0.1, -0.05) is 15.9 Å². The second-order valence-corrected chi connectivity index (χ2v) is 3.36. The third-order valence-electron chi connectivity index (χ3n) is 1.59. The smallest absolute Gasteiger partial charge is 0.326 e. The summed E-state index contributed by atoms with van der Waals surface area (Å²) in [5.74, 6) is 0. The monoisotopic (exact) mass is 253 g/mol. The quantitative estimate of drug-likeness (QED) is 0.819. The van der Waals surface area contributed by atoms with Crippen molar-refractivity contribution in [2.24, 2.45) is 5.73 Å². The van der Waals surface area contributed by atoms with Gasteiger partial charge in [-0.2, -0.15) is 13.2 Å². The average molecular weight is 254 g/mol. The van der Waals surface area contributed by atoms with Crippen LogP contribution in [0.1, 0.15) is 11.1 Å². The summed E-state index contributed by atoms with van der Waals surface area (Å²) in [6, 6.07) is 3.42. The molecule has 0 spiro atoms. The lowest BCUT2D eigenvalue weighted by Crippen LogP contribution is -2.07.